The minimum Gasteiger partial charge on any atom is -0.370 e. The van der Waals surface area contributed by atoms with Crippen molar-refractivity contribution >= 4 is 0 Å². The Morgan fingerprint density at radius 1 is 1.50 bits per heavy atom. The van der Waals surface area contributed by atoms with Crippen LogP contribution in [0, 0.1) is 0 Å². The molecule has 5 heteroatoms. The number of hydrogen-bond donors (Lipinski definition) is 1. The quantitative estimate of drug-likeness (QED) is 0.707. The molecular formula is C9H15N3O2. The fraction of sp³-hybridized carbons (Fsp3) is 0.778. The highest BCUT2D eigenvalue weighted by atomic mass is 16.5. The highest BCUT2D eigenvalue weighted by Gasteiger charge is 2.24. The summed E-state index contributed by atoms with van der Waals surface area (Å²) in [5.74, 6) is 1.91. The van der Waals surface area contributed by atoms with E-state index in [0.717, 1.165) is 5.82 Å². The van der Waals surface area contributed by atoms with Gasteiger partial charge in [-0.2, -0.15) is 4.98 Å². The van der Waals surface area contributed by atoms with Crippen LogP contribution in [0.4, 0.5) is 0 Å². The molecule has 0 atom stereocenters. The molecule has 5 nitrogen and oxygen atoms in total. The van der Waals surface area contributed by atoms with Gasteiger partial charge in [0.25, 0.3) is 5.89 Å². The summed E-state index contributed by atoms with van der Waals surface area (Å²) in [7, 11) is 0. The standard InChI is InChI=1S/C9H15N3O2/c10-4-5-13-6-8-11-9(12-14-8)7-2-1-3-7/h7H,1-6,10H2. The first kappa shape index (κ1) is 9.61. The van der Waals surface area contributed by atoms with Gasteiger partial charge in [-0.3, -0.25) is 0 Å². The van der Waals surface area contributed by atoms with Gasteiger partial charge in [-0.05, 0) is 12.8 Å². The van der Waals surface area contributed by atoms with Crippen molar-refractivity contribution in [1.29, 1.82) is 0 Å². The predicted octanol–water partition coefficient (Wildman–Crippen LogP) is 0.812. The average molecular weight is 197 g/mol. The molecule has 1 fully saturated rings. The second-order valence-electron chi connectivity index (χ2n) is 3.52. The van der Waals surface area contributed by atoms with E-state index >= 15 is 0 Å². The number of aromatic nitrogens is 2. The molecule has 0 spiro atoms. The van der Waals surface area contributed by atoms with E-state index in [9.17, 15) is 0 Å². The molecule has 78 valence electrons. The summed E-state index contributed by atoms with van der Waals surface area (Å²) >= 11 is 0. The Bertz CT molecular complexity index is 283. The van der Waals surface area contributed by atoms with E-state index in [-0.39, 0.29) is 0 Å². The van der Waals surface area contributed by atoms with E-state index in [1.807, 2.05) is 0 Å². The third-order valence-electron chi connectivity index (χ3n) is 2.44. The Kier molecular flexibility index (Phi) is 3.10. The summed E-state index contributed by atoms with van der Waals surface area (Å²) in [6.45, 7) is 1.42. The lowest BCUT2D eigenvalue weighted by Crippen LogP contribution is -2.10. The molecule has 0 aliphatic heterocycles. The normalized spacial score (nSPS) is 16.9. The first-order valence-corrected chi connectivity index (χ1v) is 5.00. The lowest BCUT2D eigenvalue weighted by Gasteiger charge is -2.20. The third-order valence-corrected chi connectivity index (χ3v) is 2.44. The third kappa shape index (κ3) is 2.10. The predicted molar refractivity (Wildman–Crippen MR) is 49.6 cm³/mol. The summed E-state index contributed by atoms with van der Waals surface area (Å²) in [5.41, 5.74) is 5.29. The van der Waals surface area contributed by atoms with E-state index in [0.29, 0.717) is 31.6 Å². The van der Waals surface area contributed by atoms with E-state index in [2.05, 4.69) is 10.1 Å². The van der Waals surface area contributed by atoms with Crippen molar-refractivity contribution in [3.63, 3.8) is 0 Å². The molecule has 1 heterocycles. The molecule has 0 saturated heterocycles. The van der Waals surface area contributed by atoms with Crippen molar-refractivity contribution in [3.05, 3.63) is 11.7 Å². The van der Waals surface area contributed by atoms with Gasteiger partial charge in [0.05, 0.1) is 6.61 Å². The van der Waals surface area contributed by atoms with E-state index < -0.39 is 0 Å². The minimum absolute atomic E-state index is 0.372. The van der Waals surface area contributed by atoms with Crippen LogP contribution in [0.15, 0.2) is 4.52 Å². The highest BCUT2D eigenvalue weighted by molar-refractivity contribution is 4.99. The van der Waals surface area contributed by atoms with E-state index in [1.54, 1.807) is 0 Å². The van der Waals surface area contributed by atoms with Crippen molar-refractivity contribution in [2.75, 3.05) is 13.2 Å². The summed E-state index contributed by atoms with van der Waals surface area (Å²) in [5, 5.41) is 3.92. The van der Waals surface area contributed by atoms with Gasteiger partial charge >= 0.3 is 0 Å². The van der Waals surface area contributed by atoms with Gasteiger partial charge in [-0.25, -0.2) is 0 Å². The van der Waals surface area contributed by atoms with Crippen LogP contribution in [-0.4, -0.2) is 23.3 Å². The zero-order valence-corrected chi connectivity index (χ0v) is 8.11. The lowest BCUT2D eigenvalue weighted by molar-refractivity contribution is 0.104. The maximum atomic E-state index is 5.29. The second kappa shape index (κ2) is 4.52. The van der Waals surface area contributed by atoms with Crippen molar-refractivity contribution in [2.24, 2.45) is 5.73 Å². The zero-order chi connectivity index (χ0) is 9.80. The summed E-state index contributed by atoms with van der Waals surface area (Å²) in [6, 6.07) is 0. The number of rotatable bonds is 5. The molecule has 1 saturated carbocycles. The van der Waals surface area contributed by atoms with Crippen LogP contribution < -0.4 is 5.73 Å². The van der Waals surface area contributed by atoms with Crippen LogP contribution >= 0.6 is 0 Å². The molecule has 1 aromatic heterocycles. The molecule has 1 aliphatic carbocycles. The second-order valence-corrected chi connectivity index (χ2v) is 3.52. The van der Waals surface area contributed by atoms with Gasteiger partial charge in [0.15, 0.2) is 5.82 Å². The molecule has 0 radical (unpaired) electrons. The maximum Gasteiger partial charge on any atom is 0.252 e. The van der Waals surface area contributed by atoms with Crippen LogP contribution in [0.1, 0.15) is 36.9 Å². The zero-order valence-electron chi connectivity index (χ0n) is 8.11. The van der Waals surface area contributed by atoms with Crippen molar-refractivity contribution in [3.8, 4) is 0 Å². The Balaban J connectivity index is 1.83. The molecule has 0 bridgehead atoms. The summed E-state index contributed by atoms with van der Waals surface area (Å²) in [6.07, 6.45) is 3.64. The first-order chi connectivity index (χ1) is 6.90. The van der Waals surface area contributed by atoms with Crippen LogP contribution in [0.3, 0.4) is 0 Å². The fourth-order valence-corrected chi connectivity index (χ4v) is 1.40. The Labute approximate surface area is 82.6 Å². The maximum absolute atomic E-state index is 5.29. The molecule has 0 amide bonds. The van der Waals surface area contributed by atoms with E-state index in [1.165, 1.54) is 19.3 Å². The molecule has 0 aromatic carbocycles. The van der Waals surface area contributed by atoms with Crippen molar-refractivity contribution in [2.45, 2.75) is 31.8 Å². The van der Waals surface area contributed by atoms with E-state index in [4.69, 9.17) is 15.0 Å². The highest BCUT2D eigenvalue weighted by Crippen LogP contribution is 2.34. The van der Waals surface area contributed by atoms with Crippen molar-refractivity contribution < 1.29 is 9.26 Å². The molecule has 2 N–H and O–H groups in total. The lowest BCUT2D eigenvalue weighted by atomic mass is 9.85. The fourth-order valence-electron chi connectivity index (χ4n) is 1.40. The minimum atomic E-state index is 0.372. The van der Waals surface area contributed by atoms with Gasteiger partial charge in [-0.15, -0.1) is 0 Å². The van der Waals surface area contributed by atoms with Gasteiger partial charge in [0.1, 0.15) is 6.61 Å². The van der Waals surface area contributed by atoms with Crippen LogP contribution in [0.5, 0.6) is 0 Å². The number of hydrogen-bond acceptors (Lipinski definition) is 5. The number of nitrogens with zero attached hydrogens (tertiary/aromatic N) is 2. The molecule has 2 rings (SSSR count). The monoisotopic (exact) mass is 197 g/mol. The molecule has 0 unspecified atom stereocenters. The smallest absolute Gasteiger partial charge is 0.252 e. The largest absolute Gasteiger partial charge is 0.370 e. The molecular weight excluding hydrogens is 182 g/mol. The first-order valence-electron chi connectivity index (χ1n) is 5.00. The van der Waals surface area contributed by atoms with Crippen LogP contribution in [0.2, 0.25) is 0 Å². The number of nitrogens with two attached hydrogens (primary N) is 1. The molecule has 14 heavy (non-hydrogen) atoms. The van der Waals surface area contributed by atoms with Gasteiger partial charge in [0.2, 0.25) is 0 Å². The average Bonchev–Trinajstić information content (AvgIpc) is 2.51. The Morgan fingerprint density at radius 3 is 3.00 bits per heavy atom. The SMILES string of the molecule is NCCOCc1nc(C2CCC2)no1. The molecule has 1 aliphatic rings. The van der Waals surface area contributed by atoms with Gasteiger partial charge in [0, 0.05) is 12.5 Å². The topological polar surface area (TPSA) is 74.2 Å². The molecule has 1 aromatic rings. The Morgan fingerprint density at radius 2 is 2.36 bits per heavy atom. The van der Waals surface area contributed by atoms with Crippen LogP contribution in [-0.2, 0) is 11.3 Å². The Hall–Kier alpha value is -0.940. The summed E-state index contributed by atoms with van der Waals surface area (Å²) < 4.78 is 10.2. The van der Waals surface area contributed by atoms with Crippen molar-refractivity contribution in [1.82, 2.24) is 10.1 Å². The van der Waals surface area contributed by atoms with Crippen LogP contribution in [0.25, 0.3) is 0 Å². The van der Waals surface area contributed by atoms with Gasteiger partial charge in [-0.1, -0.05) is 11.6 Å². The van der Waals surface area contributed by atoms with Gasteiger partial charge < -0.3 is 15.0 Å². The summed E-state index contributed by atoms with van der Waals surface area (Å²) in [4.78, 5) is 4.26. The number of ether oxygens (including phenoxy) is 1.